The fourth-order valence-corrected chi connectivity index (χ4v) is 2.07. The summed E-state index contributed by atoms with van der Waals surface area (Å²) in [5.74, 6) is 1.83. The number of hydrogen-bond acceptors (Lipinski definition) is 6. The van der Waals surface area contributed by atoms with E-state index in [1.807, 2.05) is 20.8 Å². The Bertz CT molecular complexity index is 391. The molecular formula is C15H28N4O2. The second-order valence-electron chi connectivity index (χ2n) is 4.58. The van der Waals surface area contributed by atoms with Gasteiger partial charge in [0, 0.05) is 38.4 Å². The maximum Gasteiger partial charge on any atom is 0.137 e. The lowest BCUT2D eigenvalue weighted by Crippen LogP contribution is -2.32. The Kier molecular flexibility index (Phi) is 8.69. The van der Waals surface area contributed by atoms with Gasteiger partial charge in [0.2, 0.25) is 0 Å². The molecule has 0 bridgehead atoms. The summed E-state index contributed by atoms with van der Waals surface area (Å²) in [6.07, 6.45) is 1.61. The lowest BCUT2D eigenvalue weighted by molar-refractivity contribution is 0.141. The van der Waals surface area contributed by atoms with E-state index >= 15 is 0 Å². The molecule has 0 unspecified atom stereocenters. The van der Waals surface area contributed by atoms with Crippen molar-refractivity contribution in [1.82, 2.24) is 9.97 Å². The summed E-state index contributed by atoms with van der Waals surface area (Å²) in [7, 11) is 0. The van der Waals surface area contributed by atoms with Gasteiger partial charge in [0.25, 0.3) is 0 Å². The molecule has 0 spiro atoms. The van der Waals surface area contributed by atoms with Gasteiger partial charge in [-0.3, -0.25) is 0 Å². The summed E-state index contributed by atoms with van der Waals surface area (Å²) in [6.45, 7) is 13.4. The van der Waals surface area contributed by atoms with Crippen molar-refractivity contribution in [2.45, 2.75) is 27.7 Å². The average molecular weight is 296 g/mol. The van der Waals surface area contributed by atoms with Crippen LogP contribution in [0.1, 0.15) is 26.3 Å². The quantitative estimate of drug-likeness (QED) is 0.631. The van der Waals surface area contributed by atoms with Crippen LogP contribution < -0.4 is 10.2 Å². The lowest BCUT2D eigenvalue weighted by atomic mass is 10.2. The number of aromatic nitrogens is 2. The number of rotatable bonds is 11. The molecule has 0 radical (unpaired) electrons. The van der Waals surface area contributed by atoms with Crippen molar-refractivity contribution >= 4 is 11.6 Å². The van der Waals surface area contributed by atoms with E-state index in [2.05, 4.69) is 27.1 Å². The predicted molar refractivity (Wildman–Crippen MR) is 86.1 cm³/mol. The predicted octanol–water partition coefficient (Wildman–Crippen LogP) is 2.10. The first-order valence-corrected chi connectivity index (χ1v) is 7.70. The molecule has 0 aliphatic heterocycles. The zero-order valence-electron chi connectivity index (χ0n) is 13.7. The highest BCUT2D eigenvalue weighted by molar-refractivity contribution is 5.57. The number of nitrogens with zero attached hydrogens (tertiary/aromatic N) is 3. The molecule has 0 fully saturated rings. The summed E-state index contributed by atoms with van der Waals surface area (Å²) in [5.41, 5.74) is 1.06. The molecule has 0 atom stereocenters. The number of anilines is 2. The standard InChI is InChI=1S/C15H28N4O2/c1-5-16-14-13(4)15(18-12-17-14)19(8-10-20-6-2)9-11-21-7-3/h12H,5-11H2,1-4H3,(H,16,17,18). The van der Waals surface area contributed by atoms with Crippen LogP contribution in [0.2, 0.25) is 0 Å². The van der Waals surface area contributed by atoms with Crippen LogP contribution >= 0.6 is 0 Å². The van der Waals surface area contributed by atoms with E-state index < -0.39 is 0 Å². The normalized spacial score (nSPS) is 10.7. The van der Waals surface area contributed by atoms with Gasteiger partial charge in [-0.1, -0.05) is 0 Å². The van der Waals surface area contributed by atoms with Gasteiger partial charge in [0.05, 0.1) is 13.2 Å². The van der Waals surface area contributed by atoms with E-state index in [1.54, 1.807) is 6.33 Å². The van der Waals surface area contributed by atoms with Gasteiger partial charge < -0.3 is 19.7 Å². The molecule has 0 saturated heterocycles. The first-order chi connectivity index (χ1) is 10.2. The summed E-state index contributed by atoms with van der Waals surface area (Å²) in [6, 6.07) is 0. The molecule has 0 aliphatic rings. The average Bonchev–Trinajstić information content (AvgIpc) is 2.49. The minimum Gasteiger partial charge on any atom is -0.380 e. The topological polar surface area (TPSA) is 59.5 Å². The first-order valence-electron chi connectivity index (χ1n) is 7.70. The van der Waals surface area contributed by atoms with Crippen molar-refractivity contribution in [1.29, 1.82) is 0 Å². The Morgan fingerprint density at radius 2 is 1.67 bits per heavy atom. The lowest BCUT2D eigenvalue weighted by Gasteiger charge is -2.25. The van der Waals surface area contributed by atoms with Gasteiger partial charge in [-0.15, -0.1) is 0 Å². The molecular weight excluding hydrogens is 268 g/mol. The van der Waals surface area contributed by atoms with Crippen LogP contribution in [0.3, 0.4) is 0 Å². The first kappa shape index (κ1) is 17.7. The van der Waals surface area contributed by atoms with E-state index in [1.165, 1.54) is 0 Å². The second kappa shape index (κ2) is 10.3. The third-order valence-corrected chi connectivity index (χ3v) is 3.12. The molecule has 1 aromatic heterocycles. The largest absolute Gasteiger partial charge is 0.380 e. The molecule has 120 valence electrons. The third kappa shape index (κ3) is 5.85. The van der Waals surface area contributed by atoms with Crippen molar-refractivity contribution in [3.63, 3.8) is 0 Å². The Morgan fingerprint density at radius 1 is 1.05 bits per heavy atom. The monoisotopic (exact) mass is 296 g/mol. The maximum absolute atomic E-state index is 5.47. The Hall–Kier alpha value is -1.40. The van der Waals surface area contributed by atoms with Gasteiger partial charge in [-0.05, 0) is 27.7 Å². The smallest absolute Gasteiger partial charge is 0.137 e. The van der Waals surface area contributed by atoms with Crippen LogP contribution in [0, 0.1) is 6.92 Å². The Balaban J connectivity index is 2.81. The van der Waals surface area contributed by atoms with E-state index in [4.69, 9.17) is 9.47 Å². The van der Waals surface area contributed by atoms with Crippen LogP contribution in [0.15, 0.2) is 6.33 Å². The molecule has 0 aliphatic carbocycles. The molecule has 1 rings (SSSR count). The van der Waals surface area contributed by atoms with Crippen LogP contribution in [-0.4, -0.2) is 56.0 Å². The van der Waals surface area contributed by atoms with E-state index in [0.717, 1.165) is 50.0 Å². The molecule has 1 N–H and O–H groups in total. The van der Waals surface area contributed by atoms with Gasteiger partial charge >= 0.3 is 0 Å². The SMILES string of the molecule is CCNc1ncnc(N(CCOCC)CCOCC)c1C. The van der Waals surface area contributed by atoms with Crippen molar-refractivity contribution in [3.05, 3.63) is 11.9 Å². The van der Waals surface area contributed by atoms with Crippen LogP contribution in [0.4, 0.5) is 11.6 Å². The van der Waals surface area contributed by atoms with Gasteiger partial charge in [-0.2, -0.15) is 0 Å². The number of ether oxygens (including phenoxy) is 2. The Labute approximate surface area is 127 Å². The molecule has 6 heteroatoms. The maximum atomic E-state index is 5.47. The fraction of sp³-hybridized carbons (Fsp3) is 0.733. The van der Waals surface area contributed by atoms with Crippen molar-refractivity contribution < 1.29 is 9.47 Å². The van der Waals surface area contributed by atoms with E-state index in [-0.39, 0.29) is 0 Å². The van der Waals surface area contributed by atoms with Crippen LogP contribution in [0.25, 0.3) is 0 Å². The fourth-order valence-electron chi connectivity index (χ4n) is 2.07. The zero-order valence-corrected chi connectivity index (χ0v) is 13.7. The molecule has 6 nitrogen and oxygen atoms in total. The van der Waals surface area contributed by atoms with E-state index in [0.29, 0.717) is 13.2 Å². The summed E-state index contributed by atoms with van der Waals surface area (Å²) < 4.78 is 10.9. The van der Waals surface area contributed by atoms with Gasteiger partial charge in [0.1, 0.15) is 18.0 Å². The minimum atomic E-state index is 0.683. The summed E-state index contributed by atoms with van der Waals surface area (Å²) >= 11 is 0. The number of hydrogen-bond donors (Lipinski definition) is 1. The molecule has 1 aromatic rings. The van der Waals surface area contributed by atoms with Crippen LogP contribution in [0.5, 0.6) is 0 Å². The highest BCUT2D eigenvalue weighted by Crippen LogP contribution is 2.21. The van der Waals surface area contributed by atoms with Crippen LogP contribution in [-0.2, 0) is 9.47 Å². The van der Waals surface area contributed by atoms with Gasteiger partial charge in [-0.25, -0.2) is 9.97 Å². The van der Waals surface area contributed by atoms with Crippen molar-refractivity contribution in [3.8, 4) is 0 Å². The molecule has 1 heterocycles. The molecule has 21 heavy (non-hydrogen) atoms. The Morgan fingerprint density at radius 3 is 2.19 bits per heavy atom. The van der Waals surface area contributed by atoms with E-state index in [9.17, 15) is 0 Å². The minimum absolute atomic E-state index is 0.683. The van der Waals surface area contributed by atoms with Crippen molar-refractivity contribution in [2.75, 3.05) is 56.3 Å². The molecule has 0 amide bonds. The highest BCUT2D eigenvalue weighted by atomic mass is 16.5. The third-order valence-electron chi connectivity index (χ3n) is 3.12. The van der Waals surface area contributed by atoms with Crippen molar-refractivity contribution in [2.24, 2.45) is 0 Å². The zero-order chi connectivity index (χ0) is 15.5. The molecule has 0 saturated carbocycles. The molecule has 0 aromatic carbocycles. The second-order valence-corrected chi connectivity index (χ2v) is 4.58. The van der Waals surface area contributed by atoms with Gasteiger partial charge in [0.15, 0.2) is 0 Å². The highest BCUT2D eigenvalue weighted by Gasteiger charge is 2.14. The number of nitrogens with one attached hydrogen (secondary N) is 1. The summed E-state index contributed by atoms with van der Waals surface area (Å²) in [5, 5.41) is 3.27. The summed E-state index contributed by atoms with van der Waals surface area (Å²) in [4.78, 5) is 10.9.